The van der Waals surface area contributed by atoms with Gasteiger partial charge in [-0.15, -0.1) is 0 Å². The van der Waals surface area contributed by atoms with Crippen molar-refractivity contribution in [3.05, 3.63) is 24.0 Å². The lowest BCUT2D eigenvalue weighted by atomic mass is 9.43. The highest BCUT2D eigenvalue weighted by atomic mass is 19.1. The first-order chi connectivity index (χ1) is 9.81. The maximum absolute atomic E-state index is 13.7. The largest absolute Gasteiger partial charge is 0.395 e. The summed E-state index contributed by atoms with van der Waals surface area (Å²) in [6.45, 7) is 4.89. The van der Waals surface area contributed by atoms with Crippen molar-refractivity contribution in [1.29, 1.82) is 0 Å². The minimum Gasteiger partial charge on any atom is -0.395 e. The molecule has 0 aliphatic heterocycles. The third kappa shape index (κ3) is 2.04. The third-order valence-electron chi connectivity index (χ3n) is 6.08. The monoisotopic (exact) mass is 288 g/mol. The highest BCUT2D eigenvalue weighted by Crippen LogP contribution is 2.66. The van der Waals surface area contributed by atoms with Crippen molar-refractivity contribution in [3.8, 4) is 0 Å². The number of nitrogen functional groups attached to an aromatic ring is 1. The second kappa shape index (κ2) is 3.93. The Kier molecular flexibility index (Phi) is 2.51. The average molecular weight is 288 g/mol. The molecule has 0 aromatic heterocycles. The summed E-state index contributed by atoms with van der Waals surface area (Å²) in [5.41, 5.74) is 8.00. The molecular formula is C18H25FN2. The van der Waals surface area contributed by atoms with E-state index in [2.05, 4.69) is 19.2 Å². The van der Waals surface area contributed by atoms with Gasteiger partial charge in [0, 0.05) is 5.54 Å². The van der Waals surface area contributed by atoms with Crippen molar-refractivity contribution in [2.24, 2.45) is 16.7 Å². The second-order valence-corrected chi connectivity index (χ2v) is 8.74. The first-order valence-electron chi connectivity index (χ1n) is 8.13. The molecule has 4 saturated carbocycles. The Morgan fingerprint density at radius 2 is 1.76 bits per heavy atom. The lowest BCUT2D eigenvalue weighted by Crippen LogP contribution is -2.61. The average Bonchev–Trinajstić information content (AvgIpc) is 2.30. The Hall–Kier alpha value is -1.25. The molecule has 2 unspecified atom stereocenters. The Balaban J connectivity index is 1.70. The number of nitrogens with one attached hydrogen (secondary N) is 1. The van der Waals surface area contributed by atoms with Gasteiger partial charge in [0.2, 0.25) is 0 Å². The summed E-state index contributed by atoms with van der Waals surface area (Å²) in [7, 11) is 0. The zero-order chi connectivity index (χ0) is 14.9. The Morgan fingerprint density at radius 3 is 2.38 bits per heavy atom. The van der Waals surface area contributed by atoms with E-state index in [0.717, 1.165) is 11.6 Å². The van der Waals surface area contributed by atoms with E-state index in [0.29, 0.717) is 10.8 Å². The number of hydrogen-bond acceptors (Lipinski definition) is 2. The molecule has 0 heterocycles. The molecule has 5 rings (SSSR count). The molecule has 114 valence electrons. The zero-order valence-electron chi connectivity index (χ0n) is 13.0. The van der Waals surface area contributed by atoms with E-state index in [1.54, 1.807) is 6.07 Å². The number of halogens is 1. The molecule has 1 aromatic carbocycles. The van der Waals surface area contributed by atoms with E-state index in [4.69, 9.17) is 5.73 Å². The van der Waals surface area contributed by atoms with Crippen LogP contribution in [0.3, 0.4) is 0 Å². The molecule has 21 heavy (non-hydrogen) atoms. The summed E-state index contributed by atoms with van der Waals surface area (Å²) in [6, 6.07) is 5.10. The maximum Gasteiger partial charge on any atom is 0.148 e. The molecule has 0 radical (unpaired) electrons. The summed E-state index contributed by atoms with van der Waals surface area (Å²) in [4.78, 5) is 0. The van der Waals surface area contributed by atoms with Crippen LogP contribution in [0.15, 0.2) is 18.2 Å². The molecule has 2 atom stereocenters. The van der Waals surface area contributed by atoms with E-state index in [1.165, 1.54) is 44.6 Å². The van der Waals surface area contributed by atoms with Crippen molar-refractivity contribution in [3.63, 3.8) is 0 Å². The molecule has 4 fully saturated rings. The number of benzene rings is 1. The first-order valence-corrected chi connectivity index (χ1v) is 8.13. The van der Waals surface area contributed by atoms with Gasteiger partial charge in [-0.3, -0.25) is 0 Å². The molecule has 1 aromatic rings. The smallest absolute Gasteiger partial charge is 0.148 e. The van der Waals surface area contributed by atoms with Gasteiger partial charge in [0.05, 0.1) is 11.4 Å². The van der Waals surface area contributed by atoms with Gasteiger partial charge in [-0.05, 0) is 67.4 Å². The molecule has 3 heteroatoms. The lowest BCUT2D eigenvalue weighted by Gasteiger charge is -2.65. The number of nitrogens with two attached hydrogens (primary N) is 1. The number of para-hydroxylation sites is 1. The van der Waals surface area contributed by atoms with Gasteiger partial charge in [-0.1, -0.05) is 19.9 Å². The van der Waals surface area contributed by atoms with Gasteiger partial charge < -0.3 is 11.1 Å². The zero-order valence-corrected chi connectivity index (χ0v) is 13.0. The van der Waals surface area contributed by atoms with Gasteiger partial charge in [-0.25, -0.2) is 4.39 Å². The van der Waals surface area contributed by atoms with E-state index in [1.807, 2.05) is 6.07 Å². The standard InChI is InChI=1S/C18H25FN2/c1-16-6-12-7-17(2,9-16)11-18(8-12,10-16)21-14-5-3-4-13(19)15(14)20/h3-5,12,21H,6-11,20H2,1-2H3. The van der Waals surface area contributed by atoms with Gasteiger partial charge in [0.25, 0.3) is 0 Å². The van der Waals surface area contributed by atoms with E-state index in [-0.39, 0.29) is 17.0 Å². The predicted octanol–water partition coefficient (Wildman–Crippen LogP) is 4.57. The Bertz CT molecular complexity index is 579. The summed E-state index contributed by atoms with van der Waals surface area (Å²) < 4.78 is 13.7. The number of anilines is 2. The highest BCUT2D eigenvalue weighted by Gasteiger charge is 2.60. The quantitative estimate of drug-likeness (QED) is 0.782. The Morgan fingerprint density at radius 1 is 1.10 bits per heavy atom. The van der Waals surface area contributed by atoms with Crippen molar-refractivity contribution >= 4 is 11.4 Å². The number of hydrogen-bond donors (Lipinski definition) is 2. The van der Waals surface area contributed by atoms with Crippen LogP contribution in [0.2, 0.25) is 0 Å². The van der Waals surface area contributed by atoms with Gasteiger partial charge in [0.15, 0.2) is 0 Å². The molecule has 0 spiro atoms. The fraction of sp³-hybridized carbons (Fsp3) is 0.667. The van der Waals surface area contributed by atoms with Crippen LogP contribution in [0.25, 0.3) is 0 Å². The van der Waals surface area contributed by atoms with Gasteiger partial charge >= 0.3 is 0 Å². The van der Waals surface area contributed by atoms with E-state index in [9.17, 15) is 4.39 Å². The highest BCUT2D eigenvalue weighted by molar-refractivity contribution is 5.67. The lowest BCUT2D eigenvalue weighted by molar-refractivity contribution is -0.0972. The minimum absolute atomic E-state index is 0.116. The fourth-order valence-corrected chi connectivity index (χ4v) is 6.52. The van der Waals surface area contributed by atoms with E-state index >= 15 is 0 Å². The topological polar surface area (TPSA) is 38.0 Å². The van der Waals surface area contributed by atoms with Gasteiger partial charge in [0.1, 0.15) is 5.82 Å². The van der Waals surface area contributed by atoms with Crippen molar-refractivity contribution in [1.82, 2.24) is 0 Å². The molecular weight excluding hydrogens is 263 g/mol. The maximum atomic E-state index is 13.7. The van der Waals surface area contributed by atoms with Crippen molar-refractivity contribution in [2.45, 2.75) is 57.9 Å². The molecule has 3 N–H and O–H groups in total. The first kappa shape index (κ1) is 13.4. The van der Waals surface area contributed by atoms with Crippen LogP contribution < -0.4 is 11.1 Å². The van der Waals surface area contributed by atoms with Crippen LogP contribution in [-0.4, -0.2) is 5.54 Å². The van der Waals surface area contributed by atoms with Crippen LogP contribution in [0, 0.1) is 22.6 Å². The molecule has 0 saturated heterocycles. The third-order valence-corrected chi connectivity index (χ3v) is 6.08. The van der Waals surface area contributed by atoms with Crippen LogP contribution in [-0.2, 0) is 0 Å². The molecule has 4 aliphatic carbocycles. The summed E-state index contributed by atoms with van der Waals surface area (Å²) in [5, 5.41) is 3.68. The molecule has 4 aliphatic rings. The van der Waals surface area contributed by atoms with Crippen LogP contribution in [0.5, 0.6) is 0 Å². The molecule has 2 nitrogen and oxygen atoms in total. The molecule has 0 amide bonds. The predicted molar refractivity (Wildman–Crippen MR) is 84.6 cm³/mol. The van der Waals surface area contributed by atoms with Crippen LogP contribution in [0.1, 0.15) is 52.4 Å². The van der Waals surface area contributed by atoms with Crippen molar-refractivity contribution in [2.75, 3.05) is 11.1 Å². The normalized spacial score (nSPS) is 44.0. The Labute approximate surface area is 126 Å². The van der Waals surface area contributed by atoms with Crippen LogP contribution in [0.4, 0.5) is 15.8 Å². The molecule has 4 bridgehead atoms. The van der Waals surface area contributed by atoms with E-state index < -0.39 is 0 Å². The second-order valence-electron chi connectivity index (χ2n) is 8.74. The van der Waals surface area contributed by atoms with Gasteiger partial charge in [-0.2, -0.15) is 0 Å². The number of rotatable bonds is 2. The van der Waals surface area contributed by atoms with Crippen LogP contribution >= 0.6 is 0 Å². The summed E-state index contributed by atoms with van der Waals surface area (Å²) in [6.07, 6.45) is 7.69. The summed E-state index contributed by atoms with van der Waals surface area (Å²) >= 11 is 0. The minimum atomic E-state index is -0.317. The summed E-state index contributed by atoms with van der Waals surface area (Å²) in [5.74, 6) is 0.501. The van der Waals surface area contributed by atoms with Crippen molar-refractivity contribution < 1.29 is 4.39 Å². The SMILES string of the molecule is CC12CC3CC(C)(C1)CC(Nc1cccc(F)c1N)(C3)C2. The fourth-order valence-electron chi connectivity index (χ4n) is 6.52.